The van der Waals surface area contributed by atoms with Gasteiger partial charge < -0.3 is 4.74 Å². The van der Waals surface area contributed by atoms with Crippen LogP contribution in [0.4, 0.5) is 0 Å². The van der Waals surface area contributed by atoms with Gasteiger partial charge in [-0.25, -0.2) is 15.0 Å². The molecule has 226 valence electrons. The van der Waals surface area contributed by atoms with Crippen LogP contribution < -0.4 is 4.74 Å². The maximum absolute atomic E-state index is 7.01. The Morgan fingerprint density at radius 2 is 1.34 bits per heavy atom. The van der Waals surface area contributed by atoms with Crippen LogP contribution in [0.2, 0.25) is 0 Å². The van der Waals surface area contributed by atoms with E-state index in [1.165, 1.54) is 11.1 Å². The van der Waals surface area contributed by atoms with Crippen LogP contribution >= 0.6 is 11.6 Å². The maximum Gasteiger partial charge on any atom is 0.164 e. The minimum atomic E-state index is -0.194. The van der Waals surface area contributed by atoms with E-state index in [9.17, 15) is 0 Å². The molecule has 5 aromatic carbocycles. The van der Waals surface area contributed by atoms with E-state index in [-0.39, 0.29) is 12.0 Å². The molecule has 0 amide bonds. The van der Waals surface area contributed by atoms with Gasteiger partial charge in [0.05, 0.1) is 5.92 Å². The summed E-state index contributed by atoms with van der Waals surface area (Å²) in [6.45, 7) is 6.06. The number of para-hydroxylation sites is 1. The average Bonchev–Trinajstić information content (AvgIpc) is 3.50. The van der Waals surface area contributed by atoms with E-state index in [4.69, 9.17) is 31.3 Å². The lowest BCUT2D eigenvalue weighted by atomic mass is 9.84. The Labute approximate surface area is 279 Å². The molecule has 2 aliphatic rings. The van der Waals surface area contributed by atoms with Gasteiger partial charge in [0, 0.05) is 27.3 Å². The van der Waals surface area contributed by atoms with Crippen LogP contribution in [0.15, 0.2) is 139 Å². The second-order valence-corrected chi connectivity index (χ2v) is 12.1. The van der Waals surface area contributed by atoms with E-state index in [1.54, 1.807) is 0 Å². The van der Waals surface area contributed by atoms with E-state index in [1.807, 2.05) is 61.6 Å². The number of benzene rings is 5. The van der Waals surface area contributed by atoms with E-state index >= 15 is 0 Å². The number of fused-ring (bicyclic) bond motifs is 4. The Bertz CT molecular complexity index is 2290. The smallest absolute Gasteiger partial charge is 0.164 e. The molecule has 0 radical (unpaired) electrons. The predicted octanol–water partition coefficient (Wildman–Crippen LogP) is 10.8. The lowest BCUT2D eigenvalue weighted by molar-refractivity contribution is 0.271. The summed E-state index contributed by atoms with van der Waals surface area (Å²) in [5, 5.41) is 2.84. The summed E-state index contributed by atoms with van der Waals surface area (Å²) in [5.74, 6) is 2.39. The monoisotopic (exact) mass is 627 g/mol. The molecule has 8 rings (SSSR count). The molecule has 5 heteroatoms. The van der Waals surface area contributed by atoms with Gasteiger partial charge in [0.1, 0.15) is 11.9 Å². The molecule has 2 atom stereocenters. The van der Waals surface area contributed by atoms with Crippen molar-refractivity contribution >= 4 is 40.1 Å². The van der Waals surface area contributed by atoms with Gasteiger partial charge in [0.2, 0.25) is 0 Å². The number of hydrogen-bond donors (Lipinski definition) is 0. The van der Waals surface area contributed by atoms with Gasteiger partial charge in [0.25, 0.3) is 0 Å². The summed E-state index contributed by atoms with van der Waals surface area (Å²) in [7, 11) is 0. The third-order valence-electron chi connectivity index (χ3n) is 8.84. The zero-order chi connectivity index (χ0) is 31.9. The standard InChI is InChI=1S/C42H30ClN3O/c1-3-10-27-15-19-32(23-26(27)4-2)40-44-41(33-20-18-30-24-29(16-17-31(30)25-33)28-11-6-5-7-12-28)46-42(45-40)39-35(43)21-22-37-38(39)34-13-8-9-14-36(34)47-37/h3-25,37-38H,2H2,1H3/b10-3-. The van der Waals surface area contributed by atoms with Crippen LogP contribution in [0.25, 0.3) is 62.4 Å². The molecule has 4 nitrogen and oxygen atoms in total. The number of nitrogens with zero attached hydrogens (tertiary/aromatic N) is 3. The molecule has 0 spiro atoms. The van der Waals surface area contributed by atoms with Gasteiger partial charge >= 0.3 is 0 Å². The molecule has 47 heavy (non-hydrogen) atoms. The van der Waals surface area contributed by atoms with Gasteiger partial charge in [-0.15, -0.1) is 0 Å². The Morgan fingerprint density at radius 1 is 0.681 bits per heavy atom. The summed E-state index contributed by atoms with van der Waals surface area (Å²) in [4.78, 5) is 15.3. The van der Waals surface area contributed by atoms with Gasteiger partial charge in [-0.3, -0.25) is 0 Å². The summed E-state index contributed by atoms with van der Waals surface area (Å²) in [6.07, 6.45) is 9.67. The van der Waals surface area contributed by atoms with E-state index in [0.29, 0.717) is 22.5 Å². The first-order chi connectivity index (χ1) is 23.1. The highest BCUT2D eigenvalue weighted by Crippen LogP contribution is 2.49. The summed E-state index contributed by atoms with van der Waals surface area (Å²) in [6, 6.07) is 37.6. The first kappa shape index (κ1) is 28.9. The van der Waals surface area contributed by atoms with Crippen molar-refractivity contribution in [1.82, 2.24) is 15.0 Å². The van der Waals surface area contributed by atoms with Crippen molar-refractivity contribution < 1.29 is 4.74 Å². The van der Waals surface area contributed by atoms with Crippen molar-refractivity contribution in [2.24, 2.45) is 0 Å². The number of aromatic nitrogens is 3. The Balaban J connectivity index is 1.29. The lowest BCUT2D eigenvalue weighted by Gasteiger charge is -2.24. The van der Waals surface area contributed by atoms with Crippen LogP contribution in [0.1, 0.15) is 35.4 Å². The van der Waals surface area contributed by atoms with Crippen molar-refractivity contribution in [3.63, 3.8) is 0 Å². The van der Waals surface area contributed by atoms with Crippen LogP contribution in [0.5, 0.6) is 5.75 Å². The van der Waals surface area contributed by atoms with Crippen LogP contribution in [0, 0.1) is 0 Å². The van der Waals surface area contributed by atoms with Crippen molar-refractivity contribution in [3.8, 4) is 39.7 Å². The molecule has 0 bridgehead atoms. The van der Waals surface area contributed by atoms with E-state index in [2.05, 4.69) is 91.5 Å². The van der Waals surface area contributed by atoms with Crippen LogP contribution in [-0.2, 0) is 0 Å². The number of halogens is 1. The molecule has 1 aliphatic heterocycles. The normalized spacial score (nSPS) is 16.7. The van der Waals surface area contributed by atoms with Gasteiger partial charge in [-0.2, -0.15) is 0 Å². The molecule has 1 aromatic heterocycles. The topological polar surface area (TPSA) is 47.9 Å². The van der Waals surface area contributed by atoms with Gasteiger partial charge in [-0.05, 0) is 76.4 Å². The zero-order valence-electron chi connectivity index (χ0n) is 25.8. The first-order valence-corrected chi connectivity index (χ1v) is 16.1. The first-order valence-electron chi connectivity index (χ1n) is 15.7. The third-order valence-corrected chi connectivity index (χ3v) is 9.17. The lowest BCUT2D eigenvalue weighted by Crippen LogP contribution is -2.22. The molecule has 2 heterocycles. The summed E-state index contributed by atoms with van der Waals surface area (Å²) < 4.78 is 6.33. The molecule has 0 fully saturated rings. The fraction of sp³-hybridized carbons (Fsp3) is 0.0714. The Kier molecular flexibility index (Phi) is 7.35. The zero-order valence-corrected chi connectivity index (χ0v) is 26.5. The molecule has 2 unspecified atom stereocenters. The van der Waals surface area contributed by atoms with Crippen LogP contribution in [0.3, 0.4) is 0 Å². The number of allylic oxidation sites excluding steroid dienone is 3. The average molecular weight is 628 g/mol. The highest BCUT2D eigenvalue weighted by atomic mass is 35.5. The fourth-order valence-electron chi connectivity index (χ4n) is 6.54. The molecule has 0 saturated carbocycles. The van der Waals surface area contributed by atoms with E-state index in [0.717, 1.165) is 49.9 Å². The number of rotatable bonds is 6. The molecular formula is C42H30ClN3O. The summed E-state index contributed by atoms with van der Waals surface area (Å²) >= 11 is 7.01. The second-order valence-electron chi connectivity index (χ2n) is 11.7. The van der Waals surface area contributed by atoms with Crippen molar-refractivity contribution in [2.45, 2.75) is 18.9 Å². The van der Waals surface area contributed by atoms with E-state index < -0.39 is 0 Å². The molecule has 1 aliphatic carbocycles. The quantitative estimate of drug-likeness (QED) is 0.184. The van der Waals surface area contributed by atoms with Crippen LogP contribution in [-0.4, -0.2) is 21.1 Å². The molecular weight excluding hydrogens is 598 g/mol. The van der Waals surface area contributed by atoms with Crippen molar-refractivity contribution in [2.75, 3.05) is 0 Å². The summed E-state index contributed by atoms with van der Waals surface area (Å²) in [5.41, 5.74) is 8.11. The third kappa shape index (κ3) is 5.27. The molecule has 6 aromatic rings. The highest BCUT2D eigenvalue weighted by molar-refractivity contribution is 6.34. The predicted molar refractivity (Wildman–Crippen MR) is 194 cm³/mol. The fourth-order valence-corrected chi connectivity index (χ4v) is 6.82. The number of hydrogen-bond acceptors (Lipinski definition) is 4. The van der Waals surface area contributed by atoms with Crippen molar-refractivity contribution in [3.05, 3.63) is 162 Å². The Morgan fingerprint density at radius 3 is 2.11 bits per heavy atom. The number of ether oxygens (including phenoxy) is 1. The highest BCUT2D eigenvalue weighted by Gasteiger charge is 2.40. The minimum absolute atomic E-state index is 0.138. The Hall–Kier alpha value is -5.58. The van der Waals surface area contributed by atoms with Gasteiger partial charge in [-0.1, -0.05) is 121 Å². The minimum Gasteiger partial charge on any atom is -0.485 e. The largest absolute Gasteiger partial charge is 0.485 e. The maximum atomic E-state index is 7.01. The molecule has 0 saturated heterocycles. The SMILES string of the molecule is C=Cc1cc(-c2nc(C3=C(Cl)C=CC4Oc5ccccc5C34)nc(-c3ccc4cc(-c5ccccc5)ccc4c3)n2)ccc1/C=C\C. The molecule has 0 N–H and O–H groups in total. The second kappa shape index (κ2) is 12.0. The van der Waals surface area contributed by atoms with Crippen molar-refractivity contribution in [1.29, 1.82) is 0 Å². The van der Waals surface area contributed by atoms with Gasteiger partial charge in [0.15, 0.2) is 17.5 Å².